The molecule has 2 atom stereocenters. The van der Waals surface area contributed by atoms with Gasteiger partial charge < -0.3 is 15.3 Å². The SMILES string of the molecule is CCC(=O)c1ccc(C(O)C(O)CC(=O)O)cc1. The minimum absolute atomic E-state index is 0.0119. The average Bonchev–Trinajstić information content (AvgIpc) is 2.36. The average molecular weight is 252 g/mol. The van der Waals surface area contributed by atoms with Crippen LogP contribution in [0.5, 0.6) is 0 Å². The van der Waals surface area contributed by atoms with Gasteiger partial charge in [0.2, 0.25) is 0 Å². The summed E-state index contributed by atoms with van der Waals surface area (Å²) in [6.45, 7) is 1.75. The Morgan fingerprint density at radius 1 is 1.17 bits per heavy atom. The molecule has 0 aromatic heterocycles. The van der Waals surface area contributed by atoms with Crippen LogP contribution in [0, 0.1) is 0 Å². The molecule has 0 aliphatic heterocycles. The normalized spacial score (nSPS) is 13.9. The monoisotopic (exact) mass is 252 g/mol. The van der Waals surface area contributed by atoms with Crippen LogP contribution >= 0.6 is 0 Å². The van der Waals surface area contributed by atoms with Crippen LogP contribution in [0.25, 0.3) is 0 Å². The molecule has 0 heterocycles. The third kappa shape index (κ3) is 3.65. The molecule has 0 radical (unpaired) electrons. The van der Waals surface area contributed by atoms with E-state index < -0.39 is 24.6 Å². The molecule has 2 unspecified atom stereocenters. The predicted molar refractivity (Wildman–Crippen MR) is 64.3 cm³/mol. The van der Waals surface area contributed by atoms with Crippen molar-refractivity contribution in [3.05, 3.63) is 35.4 Å². The van der Waals surface area contributed by atoms with E-state index in [9.17, 15) is 19.8 Å². The maximum atomic E-state index is 11.4. The first-order valence-electron chi connectivity index (χ1n) is 5.66. The number of hydrogen-bond donors (Lipinski definition) is 3. The van der Waals surface area contributed by atoms with Crippen LogP contribution in [0.2, 0.25) is 0 Å². The molecule has 0 aliphatic rings. The number of Topliss-reactive ketones (excluding diaryl/α,β-unsaturated/α-hetero) is 1. The minimum atomic E-state index is -1.37. The van der Waals surface area contributed by atoms with E-state index in [0.717, 1.165) is 0 Å². The summed E-state index contributed by atoms with van der Waals surface area (Å²) in [4.78, 5) is 21.8. The fraction of sp³-hybridized carbons (Fsp3) is 0.385. The maximum absolute atomic E-state index is 11.4. The molecule has 0 saturated carbocycles. The fourth-order valence-corrected chi connectivity index (χ4v) is 1.58. The molecule has 0 spiro atoms. The largest absolute Gasteiger partial charge is 0.481 e. The van der Waals surface area contributed by atoms with Crippen molar-refractivity contribution in [2.45, 2.75) is 32.0 Å². The van der Waals surface area contributed by atoms with E-state index in [-0.39, 0.29) is 5.78 Å². The van der Waals surface area contributed by atoms with Crippen LogP contribution in [0.3, 0.4) is 0 Å². The highest BCUT2D eigenvalue weighted by molar-refractivity contribution is 5.95. The van der Waals surface area contributed by atoms with Crippen molar-refractivity contribution >= 4 is 11.8 Å². The lowest BCUT2D eigenvalue weighted by Gasteiger charge is -2.16. The van der Waals surface area contributed by atoms with Gasteiger partial charge in [0.1, 0.15) is 6.10 Å². The Bertz CT molecular complexity index is 424. The number of aliphatic carboxylic acids is 1. The lowest BCUT2D eigenvalue weighted by molar-refractivity contribution is -0.141. The summed E-state index contributed by atoms with van der Waals surface area (Å²) < 4.78 is 0. The lowest BCUT2D eigenvalue weighted by Crippen LogP contribution is -2.21. The van der Waals surface area contributed by atoms with E-state index in [4.69, 9.17) is 5.11 Å². The van der Waals surface area contributed by atoms with Crippen molar-refractivity contribution in [3.8, 4) is 0 Å². The molecule has 1 aromatic carbocycles. The van der Waals surface area contributed by atoms with Gasteiger partial charge in [-0.15, -0.1) is 0 Å². The summed E-state index contributed by atoms with van der Waals surface area (Å²) in [7, 11) is 0. The van der Waals surface area contributed by atoms with Gasteiger partial charge in [0, 0.05) is 12.0 Å². The van der Waals surface area contributed by atoms with Crippen molar-refractivity contribution in [1.29, 1.82) is 0 Å². The van der Waals surface area contributed by atoms with Gasteiger partial charge in [-0.3, -0.25) is 9.59 Å². The Morgan fingerprint density at radius 3 is 2.17 bits per heavy atom. The second-order valence-electron chi connectivity index (χ2n) is 4.01. The zero-order chi connectivity index (χ0) is 13.7. The number of aliphatic hydroxyl groups is 2. The molecular weight excluding hydrogens is 236 g/mol. The first kappa shape index (κ1) is 14.3. The Hall–Kier alpha value is -1.72. The van der Waals surface area contributed by atoms with Crippen LogP contribution < -0.4 is 0 Å². The van der Waals surface area contributed by atoms with Crippen molar-refractivity contribution in [2.24, 2.45) is 0 Å². The van der Waals surface area contributed by atoms with Crippen molar-refractivity contribution < 1.29 is 24.9 Å². The highest BCUT2D eigenvalue weighted by Gasteiger charge is 2.21. The molecule has 5 nitrogen and oxygen atoms in total. The van der Waals surface area contributed by atoms with Crippen LogP contribution in [-0.2, 0) is 4.79 Å². The van der Waals surface area contributed by atoms with Gasteiger partial charge in [-0.05, 0) is 5.56 Å². The minimum Gasteiger partial charge on any atom is -0.481 e. The molecule has 0 aliphatic carbocycles. The molecule has 0 amide bonds. The van der Waals surface area contributed by atoms with E-state index in [2.05, 4.69) is 0 Å². The van der Waals surface area contributed by atoms with Gasteiger partial charge in [0.15, 0.2) is 5.78 Å². The lowest BCUT2D eigenvalue weighted by atomic mass is 9.99. The molecule has 18 heavy (non-hydrogen) atoms. The third-order valence-corrected chi connectivity index (χ3v) is 2.64. The second kappa shape index (κ2) is 6.28. The Morgan fingerprint density at radius 2 is 1.72 bits per heavy atom. The molecule has 0 bridgehead atoms. The van der Waals surface area contributed by atoms with E-state index in [1.165, 1.54) is 12.1 Å². The van der Waals surface area contributed by atoms with Crippen LogP contribution in [0.1, 0.15) is 41.8 Å². The summed E-state index contributed by atoms with van der Waals surface area (Å²) in [6.07, 6.45) is -2.78. The smallest absolute Gasteiger partial charge is 0.306 e. The van der Waals surface area contributed by atoms with Crippen molar-refractivity contribution in [1.82, 2.24) is 0 Å². The van der Waals surface area contributed by atoms with Crippen LogP contribution in [0.15, 0.2) is 24.3 Å². The summed E-state index contributed by atoms with van der Waals surface area (Å²) in [6, 6.07) is 6.13. The van der Waals surface area contributed by atoms with Gasteiger partial charge in [-0.2, -0.15) is 0 Å². The quantitative estimate of drug-likeness (QED) is 0.660. The zero-order valence-electron chi connectivity index (χ0n) is 10.0. The number of aliphatic hydroxyl groups excluding tert-OH is 2. The van der Waals surface area contributed by atoms with Crippen molar-refractivity contribution in [3.63, 3.8) is 0 Å². The number of carboxylic acids is 1. The van der Waals surface area contributed by atoms with Gasteiger partial charge >= 0.3 is 5.97 Å². The van der Waals surface area contributed by atoms with Crippen LogP contribution in [0.4, 0.5) is 0 Å². The Kier molecular flexibility index (Phi) is 5.00. The van der Waals surface area contributed by atoms with Gasteiger partial charge in [0.25, 0.3) is 0 Å². The van der Waals surface area contributed by atoms with Gasteiger partial charge in [-0.25, -0.2) is 0 Å². The van der Waals surface area contributed by atoms with E-state index in [1.54, 1.807) is 19.1 Å². The zero-order valence-corrected chi connectivity index (χ0v) is 10.0. The Labute approximate surface area is 105 Å². The summed E-state index contributed by atoms with van der Waals surface area (Å²) in [5.74, 6) is -1.19. The van der Waals surface area contributed by atoms with Gasteiger partial charge in [0.05, 0.1) is 12.5 Å². The van der Waals surface area contributed by atoms with Gasteiger partial charge in [-0.1, -0.05) is 31.2 Å². The number of carbonyl (C=O) groups excluding carboxylic acids is 1. The van der Waals surface area contributed by atoms with E-state index in [1.807, 2.05) is 0 Å². The highest BCUT2D eigenvalue weighted by Crippen LogP contribution is 2.19. The topological polar surface area (TPSA) is 94.8 Å². The third-order valence-electron chi connectivity index (χ3n) is 2.64. The predicted octanol–water partition coefficient (Wildman–Crippen LogP) is 1.15. The number of carboxylic acid groups (broad SMARTS) is 1. The Balaban J connectivity index is 2.78. The molecule has 98 valence electrons. The number of hydrogen-bond acceptors (Lipinski definition) is 4. The number of rotatable bonds is 6. The first-order chi connectivity index (χ1) is 8.45. The van der Waals surface area contributed by atoms with E-state index in [0.29, 0.717) is 17.5 Å². The second-order valence-corrected chi connectivity index (χ2v) is 4.01. The van der Waals surface area contributed by atoms with Crippen LogP contribution in [-0.4, -0.2) is 33.2 Å². The maximum Gasteiger partial charge on any atom is 0.306 e. The standard InChI is InChI=1S/C13H16O5/c1-2-10(14)8-3-5-9(6-4-8)13(18)11(15)7-12(16)17/h3-6,11,13,15,18H,2,7H2,1H3,(H,16,17). The first-order valence-corrected chi connectivity index (χ1v) is 5.66. The number of benzene rings is 1. The molecule has 0 saturated heterocycles. The van der Waals surface area contributed by atoms with Crippen molar-refractivity contribution in [2.75, 3.05) is 0 Å². The molecule has 5 heteroatoms. The molecule has 1 rings (SSSR count). The molecule has 3 N–H and O–H groups in total. The fourth-order valence-electron chi connectivity index (χ4n) is 1.58. The molecule has 1 aromatic rings. The summed E-state index contributed by atoms with van der Waals surface area (Å²) in [5, 5.41) is 27.7. The van der Waals surface area contributed by atoms with E-state index >= 15 is 0 Å². The number of ketones is 1. The number of carbonyl (C=O) groups is 2. The molecule has 0 fully saturated rings. The highest BCUT2D eigenvalue weighted by atomic mass is 16.4. The summed E-state index contributed by atoms with van der Waals surface area (Å²) in [5.41, 5.74) is 0.914. The molecular formula is C13H16O5. The summed E-state index contributed by atoms with van der Waals surface area (Å²) >= 11 is 0.